The molecule has 1 aromatic rings. The fourth-order valence-corrected chi connectivity index (χ4v) is 4.83. The van der Waals surface area contributed by atoms with Crippen LogP contribution in [0.25, 0.3) is 0 Å². The molecule has 2 unspecified atom stereocenters. The lowest BCUT2D eigenvalue weighted by Gasteiger charge is -2.52. The number of hydrogen-bond acceptors (Lipinski definition) is 1. The van der Waals surface area contributed by atoms with Gasteiger partial charge in [-0.2, -0.15) is 0 Å². The van der Waals surface area contributed by atoms with E-state index in [0.29, 0.717) is 16.7 Å². The van der Waals surface area contributed by atoms with E-state index in [1.54, 1.807) is 0 Å². The third kappa shape index (κ3) is 2.76. The zero-order chi connectivity index (χ0) is 14.2. The maximum absolute atomic E-state index is 6.06. The number of halogens is 1. The van der Waals surface area contributed by atoms with Crippen LogP contribution in [0.3, 0.4) is 0 Å². The van der Waals surface area contributed by atoms with Gasteiger partial charge in [0, 0.05) is 17.5 Å². The van der Waals surface area contributed by atoms with E-state index >= 15 is 0 Å². The van der Waals surface area contributed by atoms with Crippen molar-refractivity contribution in [1.82, 2.24) is 5.32 Å². The van der Waals surface area contributed by atoms with Crippen molar-refractivity contribution < 1.29 is 0 Å². The van der Waals surface area contributed by atoms with Gasteiger partial charge in [-0.25, -0.2) is 0 Å². The van der Waals surface area contributed by atoms with Crippen molar-refractivity contribution in [3.63, 3.8) is 0 Å². The quantitative estimate of drug-likeness (QED) is 0.767. The molecule has 2 atom stereocenters. The second-order valence-electron chi connectivity index (χ2n) is 7.62. The molecule has 1 spiro atoms. The van der Waals surface area contributed by atoms with Crippen LogP contribution in [0.4, 0.5) is 0 Å². The molecule has 1 aliphatic carbocycles. The van der Waals surface area contributed by atoms with E-state index in [9.17, 15) is 0 Å². The Labute approximate surface area is 128 Å². The van der Waals surface area contributed by atoms with Crippen molar-refractivity contribution >= 4 is 11.6 Å². The topological polar surface area (TPSA) is 12.0 Å². The summed E-state index contributed by atoms with van der Waals surface area (Å²) in [5.41, 5.74) is 2.47. The molecular formula is C18H26ClN. The highest BCUT2D eigenvalue weighted by molar-refractivity contribution is 6.30. The van der Waals surface area contributed by atoms with Crippen LogP contribution in [0.15, 0.2) is 24.3 Å². The first-order valence-electron chi connectivity index (χ1n) is 7.97. The first-order valence-corrected chi connectivity index (χ1v) is 8.35. The lowest BCUT2D eigenvalue weighted by Crippen LogP contribution is -2.47. The molecule has 20 heavy (non-hydrogen) atoms. The van der Waals surface area contributed by atoms with Gasteiger partial charge in [0.05, 0.1) is 0 Å². The summed E-state index contributed by atoms with van der Waals surface area (Å²) in [6.07, 6.45) is 6.86. The van der Waals surface area contributed by atoms with Gasteiger partial charge in [0.15, 0.2) is 0 Å². The minimum atomic E-state index is 0.500. The van der Waals surface area contributed by atoms with Gasteiger partial charge >= 0.3 is 0 Å². The highest BCUT2D eigenvalue weighted by Crippen LogP contribution is 2.56. The van der Waals surface area contributed by atoms with Crippen molar-refractivity contribution in [2.75, 3.05) is 13.1 Å². The molecule has 0 radical (unpaired) electrons. The predicted molar refractivity (Wildman–Crippen MR) is 86.4 cm³/mol. The molecular weight excluding hydrogens is 266 g/mol. The van der Waals surface area contributed by atoms with Crippen LogP contribution in [0.1, 0.15) is 57.4 Å². The summed E-state index contributed by atoms with van der Waals surface area (Å²) in [5, 5.41) is 4.46. The molecule has 1 heterocycles. The zero-order valence-corrected chi connectivity index (χ0v) is 13.5. The summed E-state index contributed by atoms with van der Waals surface area (Å²) in [6, 6.07) is 8.58. The fourth-order valence-electron chi connectivity index (χ4n) is 4.70. The van der Waals surface area contributed by atoms with Gasteiger partial charge < -0.3 is 5.32 Å². The van der Waals surface area contributed by atoms with Crippen LogP contribution < -0.4 is 5.32 Å². The predicted octanol–water partition coefficient (Wildman–Crippen LogP) is 5.00. The Morgan fingerprint density at radius 3 is 2.55 bits per heavy atom. The van der Waals surface area contributed by atoms with Crippen LogP contribution in [0.2, 0.25) is 5.02 Å². The zero-order valence-electron chi connectivity index (χ0n) is 12.7. The average molecular weight is 292 g/mol. The van der Waals surface area contributed by atoms with Gasteiger partial charge in [0.1, 0.15) is 0 Å². The lowest BCUT2D eigenvalue weighted by atomic mass is 9.55. The number of piperidine rings is 1. The fraction of sp³-hybridized carbons (Fsp3) is 0.667. The Kier molecular flexibility index (Phi) is 3.85. The summed E-state index contributed by atoms with van der Waals surface area (Å²) in [5.74, 6) is 0.646. The van der Waals surface area contributed by atoms with Crippen molar-refractivity contribution in [1.29, 1.82) is 0 Å². The largest absolute Gasteiger partial charge is 0.316 e. The maximum atomic E-state index is 6.06. The monoisotopic (exact) mass is 291 g/mol. The van der Waals surface area contributed by atoms with Crippen LogP contribution in [-0.2, 0) is 0 Å². The molecule has 1 saturated carbocycles. The Balaban J connectivity index is 1.92. The summed E-state index contributed by atoms with van der Waals surface area (Å²) < 4.78 is 0. The third-order valence-corrected chi connectivity index (χ3v) is 5.77. The van der Waals surface area contributed by atoms with E-state index < -0.39 is 0 Å². The standard InChI is InChI=1S/C18H26ClN/c1-17(2)8-3-9-18(13-17)10-11-20-12-16(18)14-4-6-15(19)7-5-14/h4-7,16,20H,3,8-13H2,1-2H3. The van der Waals surface area contributed by atoms with E-state index in [0.717, 1.165) is 11.6 Å². The van der Waals surface area contributed by atoms with Crippen molar-refractivity contribution in [2.45, 2.75) is 51.9 Å². The first-order chi connectivity index (χ1) is 9.51. The van der Waals surface area contributed by atoms with Gasteiger partial charge in [0.2, 0.25) is 0 Å². The summed E-state index contributed by atoms with van der Waals surface area (Å²) >= 11 is 6.06. The Hall–Kier alpha value is -0.530. The molecule has 2 aliphatic rings. The SMILES string of the molecule is CC1(C)CCCC2(CCNCC2c2ccc(Cl)cc2)C1. The van der Waals surface area contributed by atoms with Crippen molar-refractivity contribution in [3.8, 4) is 0 Å². The Morgan fingerprint density at radius 1 is 1.10 bits per heavy atom. The van der Waals surface area contributed by atoms with Crippen molar-refractivity contribution in [3.05, 3.63) is 34.9 Å². The van der Waals surface area contributed by atoms with Gasteiger partial charge in [-0.05, 0) is 60.8 Å². The van der Waals surface area contributed by atoms with E-state index in [4.69, 9.17) is 11.6 Å². The van der Waals surface area contributed by atoms with Crippen LogP contribution >= 0.6 is 11.6 Å². The maximum Gasteiger partial charge on any atom is 0.0406 e. The summed E-state index contributed by atoms with van der Waals surface area (Å²) in [4.78, 5) is 0. The van der Waals surface area contributed by atoms with Gasteiger partial charge in [-0.3, -0.25) is 0 Å². The molecule has 0 aromatic heterocycles. The van der Waals surface area contributed by atoms with Gasteiger partial charge in [-0.1, -0.05) is 44.0 Å². The molecule has 3 rings (SSSR count). The normalized spacial score (nSPS) is 33.2. The van der Waals surface area contributed by atoms with Crippen LogP contribution in [0, 0.1) is 10.8 Å². The molecule has 0 amide bonds. The third-order valence-electron chi connectivity index (χ3n) is 5.52. The molecule has 110 valence electrons. The molecule has 1 aliphatic heterocycles. The number of hydrogen-bond donors (Lipinski definition) is 1. The van der Waals surface area contributed by atoms with Crippen LogP contribution in [-0.4, -0.2) is 13.1 Å². The van der Waals surface area contributed by atoms with E-state index in [1.807, 2.05) is 12.1 Å². The van der Waals surface area contributed by atoms with E-state index in [2.05, 4.69) is 31.3 Å². The van der Waals surface area contributed by atoms with E-state index in [-0.39, 0.29) is 0 Å². The van der Waals surface area contributed by atoms with Gasteiger partial charge in [0.25, 0.3) is 0 Å². The highest BCUT2D eigenvalue weighted by Gasteiger charge is 2.46. The first kappa shape index (κ1) is 14.4. The minimum absolute atomic E-state index is 0.500. The highest BCUT2D eigenvalue weighted by atomic mass is 35.5. The molecule has 1 nitrogen and oxygen atoms in total. The van der Waals surface area contributed by atoms with Gasteiger partial charge in [-0.15, -0.1) is 0 Å². The summed E-state index contributed by atoms with van der Waals surface area (Å²) in [7, 11) is 0. The molecule has 2 heteroatoms. The number of rotatable bonds is 1. The van der Waals surface area contributed by atoms with Crippen molar-refractivity contribution in [2.24, 2.45) is 10.8 Å². The molecule has 0 bridgehead atoms. The minimum Gasteiger partial charge on any atom is -0.316 e. The number of benzene rings is 1. The second kappa shape index (κ2) is 5.35. The Morgan fingerprint density at radius 2 is 1.85 bits per heavy atom. The molecule has 1 N–H and O–H groups in total. The second-order valence-corrected chi connectivity index (χ2v) is 8.05. The van der Waals surface area contributed by atoms with Crippen LogP contribution in [0.5, 0.6) is 0 Å². The smallest absolute Gasteiger partial charge is 0.0406 e. The lowest BCUT2D eigenvalue weighted by molar-refractivity contribution is 0.0332. The Bertz CT molecular complexity index is 461. The summed E-state index contributed by atoms with van der Waals surface area (Å²) in [6.45, 7) is 7.21. The molecule has 2 fully saturated rings. The average Bonchev–Trinajstić information content (AvgIpc) is 2.39. The van der Waals surface area contributed by atoms with E-state index in [1.165, 1.54) is 44.2 Å². The number of nitrogens with one attached hydrogen (secondary N) is 1. The molecule has 1 saturated heterocycles. The molecule has 1 aromatic carbocycles.